The second kappa shape index (κ2) is 7.35. The normalized spacial score (nSPS) is 11.8. The summed E-state index contributed by atoms with van der Waals surface area (Å²) < 4.78 is 6.27. The first-order valence-corrected chi connectivity index (χ1v) is 10.6. The van der Waals surface area contributed by atoms with E-state index in [0.717, 1.165) is 9.86 Å². The maximum absolute atomic E-state index is 12.4. The predicted molar refractivity (Wildman–Crippen MR) is 120 cm³/mol. The van der Waals surface area contributed by atoms with Crippen molar-refractivity contribution in [1.82, 2.24) is 9.97 Å². The molecule has 148 valence electrons. The minimum absolute atomic E-state index is 0.117. The van der Waals surface area contributed by atoms with Crippen molar-refractivity contribution in [3.8, 4) is 17.1 Å². The van der Waals surface area contributed by atoms with Crippen molar-refractivity contribution < 1.29 is 9.52 Å². The van der Waals surface area contributed by atoms with Gasteiger partial charge >= 0.3 is 5.63 Å². The summed E-state index contributed by atoms with van der Waals surface area (Å²) in [7, 11) is 0. The second-order valence-corrected chi connectivity index (χ2v) is 8.55. The SMILES string of the molecule is O=c1oc2ccc(Br)cc2cc1-c1csc(N=Nc2c(O)[nH]c3ccc(Cl)cc23)n1. The van der Waals surface area contributed by atoms with Crippen LogP contribution in [0.5, 0.6) is 5.88 Å². The van der Waals surface area contributed by atoms with Gasteiger partial charge in [-0.15, -0.1) is 21.6 Å². The second-order valence-electron chi connectivity index (χ2n) is 6.36. The van der Waals surface area contributed by atoms with Gasteiger partial charge in [-0.05, 0) is 42.5 Å². The zero-order valence-corrected chi connectivity index (χ0v) is 18.0. The summed E-state index contributed by atoms with van der Waals surface area (Å²) in [6.07, 6.45) is 0. The number of nitrogens with zero attached hydrogens (tertiary/aromatic N) is 3. The third-order valence-electron chi connectivity index (χ3n) is 4.41. The zero-order chi connectivity index (χ0) is 20.8. The maximum atomic E-state index is 12.4. The van der Waals surface area contributed by atoms with Crippen molar-refractivity contribution in [2.45, 2.75) is 0 Å². The number of aromatic nitrogens is 2. The van der Waals surface area contributed by atoms with E-state index in [1.54, 1.807) is 41.8 Å². The van der Waals surface area contributed by atoms with Gasteiger partial charge in [0.15, 0.2) is 5.69 Å². The number of aromatic amines is 1. The van der Waals surface area contributed by atoms with Crippen LogP contribution in [0.2, 0.25) is 5.02 Å². The van der Waals surface area contributed by atoms with Gasteiger partial charge in [-0.25, -0.2) is 9.78 Å². The van der Waals surface area contributed by atoms with E-state index in [2.05, 4.69) is 36.1 Å². The van der Waals surface area contributed by atoms with Crippen molar-refractivity contribution >= 4 is 71.6 Å². The average molecular weight is 502 g/mol. The van der Waals surface area contributed by atoms with E-state index in [1.165, 1.54) is 11.3 Å². The number of aromatic hydroxyl groups is 1. The molecule has 0 unspecified atom stereocenters. The van der Waals surface area contributed by atoms with Crippen LogP contribution in [0.25, 0.3) is 33.1 Å². The summed E-state index contributed by atoms with van der Waals surface area (Å²) in [6.45, 7) is 0. The number of azo groups is 1. The molecule has 5 aromatic rings. The Bertz CT molecular complexity index is 1520. The molecule has 2 N–H and O–H groups in total. The quantitative estimate of drug-likeness (QED) is 0.206. The third-order valence-corrected chi connectivity index (χ3v) is 5.87. The average Bonchev–Trinajstić information content (AvgIpc) is 3.30. The summed E-state index contributed by atoms with van der Waals surface area (Å²) >= 11 is 10.7. The van der Waals surface area contributed by atoms with Gasteiger partial charge in [-0.2, -0.15) is 0 Å². The Morgan fingerprint density at radius 2 is 2.03 bits per heavy atom. The monoisotopic (exact) mass is 500 g/mol. The molecule has 0 atom stereocenters. The molecular weight excluding hydrogens is 492 g/mol. The van der Waals surface area contributed by atoms with E-state index >= 15 is 0 Å². The van der Waals surface area contributed by atoms with Gasteiger partial charge in [-0.1, -0.05) is 27.5 Å². The molecule has 0 saturated carbocycles. The summed E-state index contributed by atoms with van der Waals surface area (Å²) in [5.41, 5.74) is 1.74. The fourth-order valence-corrected chi connectivity index (χ4v) is 4.22. The molecule has 0 fully saturated rings. The summed E-state index contributed by atoms with van der Waals surface area (Å²) in [6, 6.07) is 12.3. The number of H-pyrrole nitrogens is 1. The Kier molecular flexibility index (Phi) is 4.65. The molecule has 0 bridgehead atoms. The predicted octanol–water partition coefficient (Wildman–Crippen LogP) is 6.93. The molecule has 0 spiro atoms. The number of benzene rings is 2. The van der Waals surface area contributed by atoms with Gasteiger partial charge in [0.25, 0.3) is 0 Å². The van der Waals surface area contributed by atoms with Crippen LogP contribution < -0.4 is 5.63 Å². The van der Waals surface area contributed by atoms with Crippen LogP contribution >= 0.6 is 38.9 Å². The van der Waals surface area contributed by atoms with Crippen LogP contribution in [0.1, 0.15) is 0 Å². The number of hydrogen-bond acceptors (Lipinski definition) is 7. The minimum Gasteiger partial charge on any atom is -0.493 e. The summed E-state index contributed by atoms with van der Waals surface area (Å²) in [5.74, 6) is -0.117. The van der Waals surface area contributed by atoms with Gasteiger partial charge in [0.1, 0.15) is 5.58 Å². The lowest BCUT2D eigenvalue weighted by molar-refractivity contribution is 0.459. The topological polar surface area (TPSA) is 104 Å². The molecule has 0 radical (unpaired) electrons. The molecule has 0 saturated heterocycles. The maximum Gasteiger partial charge on any atom is 0.345 e. The van der Waals surface area contributed by atoms with Gasteiger partial charge in [0.2, 0.25) is 11.0 Å². The van der Waals surface area contributed by atoms with E-state index in [0.29, 0.717) is 37.9 Å². The number of thiazole rings is 1. The number of hydrogen-bond donors (Lipinski definition) is 2. The Labute approximate surface area is 185 Å². The highest BCUT2D eigenvalue weighted by Crippen LogP contribution is 2.38. The number of halogens is 2. The van der Waals surface area contributed by atoms with Crippen molar-refractivity contribution in [2.24, 2.45) is 10.2 Å². The molecule has 10 heteroatoms. The van der Waals surface area contributed by atoms with Gasteiger partial charge in [0, 0.05) is 25.6 Å². The lowest BCUT2D eigenvalue weighted by atomic mass is 10.1. The first kappa shape index (κ1) is 19.0. The minimum atomic E-state index is -0.484. The van der Waals surface area contributed by atoms with Crippen LogP contribution in [0.4, 0.5) is 10.8 Å². The highest BCUT2D eigenvalue weighted by atomic mass is 79.9. The Morgan fingerprint density at radius 3 is 2.90 bits per heavy atom. The van der Waals surface area contributed by atoms with Crippen LogP contribution in [-0.4, -0.2) is 15.1 Å². The van der Waals surface area contributed by atoms with Crippen molar-refractivity contribution in [1.29, 1.82) is 0 Å². The highest BCUT2D eigenvalue weighted by molar-refractivity contribution is 9.10. The molecule has 2 aromatic carbocycles. The molecule has 30 heavy (non-hydrogen) atoms. The first-order chi connectivity index (χ1) is 14.5. The molecule has 3 heterocycles. The van der Waals surface area contributed by atoms with Gasteiger partial charge in [-0.3, -0.25) is 0 Å². The van der Waals surface area contributed by atoms with E-state index in [1.807, 2.05) is 6.07 Å². The van der Waals surface area contributed by atoms with E-state index in [9.17, 15) is 9.90 Å². The largest absolute Gasteiger partial charge is 0.493 e. The lowest BCUT2D eigenvalue weighted by Crippen LogP contribution is -2.02. The summed E-state index contributed by atoms with van der Waals surface area (Å²) in [4.78, 5) is 19.6. The Hall–Kier alpha value is -3.01. The standard InChI is InChI=1S/C20H10BrClN4O3S/c21-10-1-4-16-9(5-10)6-13(19(28)29-16)15-8-30-20(24-15)26-25-17-12-7-11(22)2-3-14(12)23-18(17)27/h1-8,23,27H. The molecule has 0 aliphatic heterocycles. The Morgan fingerprint density at radius 1 is 1.17 bits per heavy atom. The van der Waals surface area contributed by atoms with Crippen LogP contribution in [0.15, 0.2) is 71.8 Å². The smallest absolute Gasteiger partial charge is 0.345 e. The number of rotatable bonds is 3. The molecule has 0 aliphatic carbocycles. The van der Waals surface area contributed by atoms with Crippen molar-refractivity contribution in [2.75, 3.05) is 0 Å². The Balaban J connectivity index is 1.52. The molecule has 7 nitrogen and oxygen atoms in total. The van der Waals surface area contributed by atoms with E-state index in [4.69, 9.17) is 16.0 Å². The van der Waals surface area contributed by atoms with Crippen LogP contribution in [0, 0.1) is 0 Å². The molecular formula is C20H10BrClN4O3S. The van der Waals surface area contributed by atoms with E-state index < -0.39 is 5.63 Å². The zero-order valence-electron chi connectivity index (χ0n) is 14.9. The lowest BCUT2D eigenvalue weighted by Gasteiger charge is -2.00. The van der Waals surface area contributed by atoms with Crippen molar-refractivity contribution in [3.05, 3.63) is 67.8 Å². The molecule has 0 amide bonds. The van der Waals surface area contributed by atoms with Crippen LogP contribution in [0.3, 0.4) is 0 Å². The number of fused-ring (bicyclic) bond motifs is 2. The van der Waals surface area contributed by atoms with Crippen molar-refractivity contribution in [3.63, 3.8) is 0 Å². The third kappa shape index (κ3) is 3.41. The van der Waals surface area contributed by atoms with Crippen LogP contribution in [-0.2, 0) is 0 Å². The fourth-order valence-electron chi connectivity index (χ4n) is 3.04. The number of nitrogens with one attached hydrogen (secondary N) is 1. The van der Waals surface area contributed by atoms with Gasteiger partial charge in [0.05, 0.1) is 16.8 Å². The molecule has 0 aliphatic rings. The van der Waals surface area contributed by atoms with E-state index in [-0.39, 0.29) is 11.6 Å². The first-order valence-electron chi connectivity index (χ1n) is 8.59. The summed E-state index contributed by atoms with van der Waals surface area (Å²) in [5, 5.41) is 22.3. The highest BCUT2D eigenvalue weighted by Gasteiger charge is 2.14. The van der Waals surface area contributed by atoms with Gasteiger partial charge < -0.3 is 14.5 Å². The molecule has 3 aromatic heterocycles. The fraction of sp³-hybridized carbons (Fsp3) is 0. The molecule has 5 rings (SSSR count).